The number of hydrogen-bond acceptors (Lipinski definition) is 8. The predicted octanol–water partition coefficient (Wildman–Crippen LogP) is 2.37. The SMILES string of the molecule is COC1(CNc2snc(N)c2-c2csc(C)n2)CCOC1. The van der Waals surface area contributed by atoms with Crippen molar-refractivity contribution in [1.82, 2.24) is 9.36 Å². The average Bonchev–Trinajstić information content (AvgIpc) is 3.17. The largest absolute Gasteiger partial charge is 0.382 e. The van der Waals surface area contributed by atoms with E-state index in [-0.39, 0.29) is 5.60 Å². The summed E-state index contributed by atoms with van der Waals surface area (Å²) in [7, 11) is 1.72. The standard InChI is InChI=1S/C13H18N4O2S2/c1-8-16-9(5-20-8)10-11(14)17-21-12(10)15-6-13(18-2)3-4-19-7-13/h5,15H,3-4,6-7H2,1-2H3,(H2,14,17). The lowest BCUT2D eigenvalue weighted by Gasteiger charge is -2.26. The molecule has 2 aromatic heterocycles. The van der Waals surface area contributed by atoms with E-state index in [4.69, 9.17) is 15.2 Å². The zero-order valence-corrected chi connectivity index (χ0v) is 13.6. The predicted molar refractivity (Wildman–Crippen MR) is 86.0 cm³/mol. The number of nitrogens with two attached hydrogens (primary N) is 1. The Morgan fingerprint density at radius 2 is 2.43 bits per heavy atom. The van der Waals surface area contributed by atoms with Gasteiger partial charge in [-0.2, -0.15) is 4.37 Å². The summed E-state index contributed by atoms with van der Waals surface area (Å²) in [6, 6.07) is 0. The third kappa shape index (κ3) is 2.89. The molecule has 1 fully saturated rings. The molecular formula is C13H18N4O2S2. The van der Waals surface area contributed by atoms with Crippen LogP contribution in [0.4, 0.5) is 10.8 Å². The summed E-state index contributed by atoms with van der Waals surface area (Å²) in [5.74, 6) is 0.516. The molecule has 0 radical (unpaired) electrons. The normalized spacial score (nSPS) is 21.8. The number of methoxy groups -OCH3 is 1. The summed E-state index contributed by atoms with van der Waals surface area (Å²) in [6.45, 7) is 3.99. The Balaban J connectivity index is 1.80. The van der Waals surface area contributed by atoms with Crippen LogP contribution >= 0.6 is 22.9 Å². The van der Waals surface area contributed by atoms with Gasteiger partial charge in [-0.25, -0.2) is 4.98 Å². The second-order valence-electron chi connectivity index (χ2n) is 5.07. The maximum absolute atomic E-state index is 6.00. The van der Waals surface area contributed by atoms with Crippen molar-refractivity contribution < 1.29 is 9.47 Å². The van der Waals surface area contributed by atoms with Gasteiger partial charge in [-0.15, -0.1) is 11.3 Å². The highest BCUT2D eigenvalue weighted by Crippen LogP contribution is 2.37. The first-order valence-electron chi connectivity index (χ1n) is 6.68. The summed E-state index contributed by atoms with van der Waals surface area (Å²) < 4.78 is 15.3. The molecule has 21 heavy (non-hydrogen) atoms. The van der Waals surface area contributed by atoms with Gasteiger partial charge in [0.25, 0.3) is 0 Å². The molecule has 1 saturated heterocycles. The minimum atomic E-state index is -0.270. The highest BCUT2D eigenvalue weighted by molar-refractivity contribution is 7.11. The Labute approximate surface area is 131 Å². The second-order valence-corrected chi connectivity index (χ2v) is 6.90. The fraction of sp³-hybridized carbons (Fsp3) is 0.538. The van der Waals surface area contributed by atoms with Crippen LogP contribution in [0.1, 0.15) is 11.4 Å². The molecule has 0 spiro atoms. The molecule has 1 aliphatic rings. The summed E-state index contributed by atoms with van der Waals surface area (Å²) in [6.07, 6.45) is 0.885. The topological polar surface area (TPSA) is 82.3 Å². The molecule has 0 aliphatic carbocycles. The zero-order chi connectivity index (χ0) is 14.9. The fourth-order valence-electron chi connectivity index (χ4n) is 2.35. The van der Waals surface area contributed by atoms with Crippen LogP contribution in [0, 0.1) is 6.92 Å². The molecule has 0 aromatic carbocycles. The number of aromatic nitrogens is 2. The van der Waals surface area contributed by atoms with Crippen LogP contribution in [0.5, 0.6) is 0 Å². The minimum Gasteiger partial charge on any atom is -0.382 e. The molecule has 114 valence electrons. The summed E-state index contributed by atoms with van der Waals surface area (Å²) in [5, 5.41) is 7.36. The first-order valence-corrected chi connectivity index (χ1v) is 8.33. The number of nitrogen functional groups attached to an aromatic ring is 1. The highest BCUT2D eigenvalue weighted by Gasteiger charge is 2.35. The molecule has 1 aliphatic heterocycles. The molecule has 8 heteroatoms. The monoisotopic (exact) mass is 326 g/mol. The van der Waals surface area contributed by atoms with Gasteiger partial charge in [-0.1, -0.05) is 0 Å². The maximum atomic E-state index is 6.00. The van der Waals surface area contributed by atoms with Gasteiger partial charge in [0.05, 0.1) is 22.9 Å². The lowest BCUT2D eigenvalue weighted by molar-refractivity contribution is -0.00614. The van der Waals surface area contributed by atoms with Gasteiger partial charge in [0, 0.05) is 32.1 Å². The van der Waals surface area contributed by atoms with Crippen molar-refractivity contribution in [2.45, 2.75) is 18.9 Å². The quantitative estimate of drug-likeness (QED) is 0.878. The van der Waals surface area contributed by atoms with Crippen molar-refractivity contribution in [3.8, 4) is 11.3 Å². The maximum Gasteiger partial charge on any atom is 0.148 e. The molecule has 2 aromatic rings. The molecule has 0 amide bonds. The van der Waals surface area contributed by atoms with E-state index in [1.807, 2.05) is 12.3 Å². The third-order valence-electron chi connectivity index (χ3n) is 3.66. The zero-order valence-electron chi connectivity index (χ0n) is 12.0. The van der Waals surface area contributed by atoms with Gasteiger partial charge >= 0.3 is 0 Å². The number of hydrogen-bond donors (Lipinski definition) is 2. The van der Waals surface area contributed by atoms with E-state index in [0.717, 1.165) is 34.3 Å². The Morgan fingerprint density at radius 3 is 3.05 bits per heavy atom. The Morgan fingerprint density at radius 1 is 1.57 bits per heavy atom. The number of thiazole rings is 1. The van der Waals surface area contributed by atoms with Crippen LogP contribution in [0.25, 0.3) is 11.3 Å². The van der Waals surface area contributed by atoms with Crippen LogP contribution in [0.15, 0.2) is 5.38 Å². The summed E-state index contributed by atoms with van der Waals surface area (Å²) >= 11 is 2.96. The molecule has 1 atom stereocenters. The van der Waals surface area contributed by atoms with Crippen LogP contribution in [0.2, 0.25) is 0 Å². The second kappa shape index (κ2) is 5.88. The van der Waals surface area contributed by atoms with Crippen molar-refractivity contribution >= 4 is 33.7 Å². The van der Waals surface area contributed by atoms with E-state index >= 15 is 0 Å². The number of ether oxygens (including phenoxy) is 2. The van der Waals surface area contributed by atoms with Crippen LogP contribution < -0.4 is 11.1 Å². The van der Waals surface area contributed by atoms with Crippen molar-refractivity contribution in [3.63, 3.8) is 0 Å². The van der Waals surface area contributed by atoms with Gasteiger partial charge in [-0.05, 0) is 18.5 Å². The third-order valence-corrected chi connectivity index (χ3v) is 5.26. The molecule has 0 bridgehead atoms. The summed E-state index contributed by atoms with van der Waals surface area (Å²) in [4.78, 5) is 4.50. The highest BCUT2D eigenvalue weighted by atomic mass is 32.1. The fourth-order valence-corrected chi connectivity index (χ4v) is 3.67. The van der Waals surface area contributed by atoms with E-state index in [1.54, 1.807) is 18.4 Å². The van der Waals surface area contributed by atoms with Crippen LogP contribution in [-0.2, 0) is 9.47 Å². The Bertz CT molecular complexity index is 619. The number of aryl methyl sites for hydroxylation is 1. The van der Waals surface area contributed by atoms with E-state index < -0.39 is 0 Å². The van der Waals surface area contributed by atoms with E-state index in [2.05, 4.69) is 14.7 Å². The van der Waals surface area contributed by atoms with Gasteiger partial charge in [-0.3, -0.25) is 0 Å². The number of nitrogens with zero attached hydrogens (tertiary/aromatic N) is 2. The van der Waals surface area contributed by atoms with Gasteiger partial charge < -0.3 is 20.5 Å². The molecule has 1 unspecified atom stereocenters. The van der Waals surface area contributed by atoms with Crippen molar-refractivity contribution in [2.75, 3.05) is 37.9 Å². The molecule has 3 N–H and O–H groups in total. The first kappa shape index (κ1) is 14.7. The van der Waals surface area contributed by atoms with Crippen LogP contribution in [0.3, 0.4) is 0 Å². The average molecular weight is 326 g/mol. The van der Waals surface area contributed by atoms with Gasteiger partial charge in [0.2, 0.25) is 0 Å². The summed E-state index contributed by atoms with van der Waals surface area (Å²) in [5.41, 5.74) is 7.49. The number of rotatable bonds is 5. The first-order chi connectivity index (χ1) is 10.1. The lowest BCUT2D eigenvalue weighted by atomic mass is 10.0. The van der Waals surface area contributed by atoms with Crippen LogP contribution in [-0.4, -0.2) is 41.8 Å². The molecule has 3 rings (SSSR count). The van der Waals surface area contributed by atoms with E-state index in [0.29, 0.717) is 19.0 Å². The number of nitrogens with one attached hydrogen (secondary N) is 1. The van der Waals surface area contributed by atoms with Gasteiger partial charge in [0.15, 0.2) is 0 Å². The Hall–Kier alpha value is -1.22. The molecule has 3 heterocycles. The minimum absolute atomic E-state index is 0.270. The van der Waals surface area contributed by atoms with Crippen molar-refractivity contribution in [1.29, 1.82) is 0 Å². The Kier molecular flexibility index (Phi) is 4.12. The van der Waals surface area contributed by atoms with E-state index in [1.165, 1.54) is 11.5 Å². The molecular weight excluding hydrogens is 308 g/mol. The van der Waals surface area contributed by atoms with Crippen molar-refractivity contribution in [2.24, 2.45) is 0 Å². The molecule has 0 saturated carbocycles. The molecule has 6 nitrogen and oxygen atoms in total. The van der Waals surface area contributed by atoms with Gasteiger partial charge in [0.1, 0.15) is 16.4 Å². The smallest absolute Gasteiger partial charge is 0.148 e. The van der Waals surface area contributed by atoms with Crippen molar-refractivity contribution in [3.05, 3.63) is 10.4 Å². The number of anilines is 2. The van der Waals surface area contributed by atoms with E-state index in [9.17, 15) is 0 Å². The lowest BCUT2D eigenvalue weighted by Crippen LogP contribution is -2.39.